The maximum absolute atomic E-state index is 5.85. The summed E-state index contributed by atoms with van der Waals surface area (Å²) < 4.78 is 7.32. The Kier molecular flexibility index (Phi) is 4.66. The van der Waals surface area contributed by atoms with Crippen LogP contribution in [-0.4, -0.2) is 41.9 Å². The van der Waals surface area contributed by atoms with E-state index in [0.717, 1.165) is 19.4 Å². The molecule has 0 aliphatic heterocycles. The van der Waals surface area contributed by atoms with Gasteiger partial charge in [0.1, 0.15) is 18.3 Å². The number of hydrogen-bond donors (Lipinski definition) is 1. The Balaban J connectivity index is 2.33. The highest BCUT2D eigenvalue weighted by atomic mass is 16.5. The van der Waals surface area contributed by atoms with E-state index in [4.69, 9.17) is 4.74 Å². The highest BCUT2D eigenvalue weighted by Crippen LogP contribution is 2.19. The number of nitrogens with one attached hydrogen (secondary N) is 1. The van der Waals surface area contributed by atoms with Gasteiger partial charge in [-0.2, -0.15) is 24.7 Å². The highest BCUT2D eigenvalue weighted by Gasteiger charge is 2.20. The third-order valence-electron chi connectivity index (χ3n) is 2.98. The molecular weight excluding hydrogens is 270 g/mol. The summed E-state index contributed by atoms with van der Waals surface area (Å²) >= 11 is 0. The molecule has 0 atom stereocenters. The second-order valence-corrected chi connectivity index (χ2v) is 5.22. The molecule has 0 bridgehead atoms. The van der Waals surface area contributed by atoms with Crippen molar-refractivity contribution in [2.24, 2.45) is 0 Å². The van der Waals surface area contributed by atoms with Crippen LogP contribution in [0.1, 0.15) is 40.5 Å². The summed E-state index contributed by atoms with van der Waals surface area (Å²) in [4.78, 5) is 16.8. The second-order valence-electron chi connectivity index (χ2n) is 5.22. The average molecular weight is 291 g/mol. The Hall–Kier alpha value is -2.25. The molecule has 2 aromatic rings. The van der Waals surface area contributed by atoms with Gasteiger partial charge < -0.3 is 10.1 Å². The fourth-order valence-corrected chi connectivity index (χ4v) is 1.44. The van der Waals surface area contributed by atoms with Crippen LogP contribution >= 0.6 is 0 Å². The minimum absolute atomic E-state index is 0.279. The number of rotatable bonds is 7. The second kappa shape index (κ2) is 6.47. The van der Waals surface area contributed by atoms with E-state index in [1.807, 2.05) is 13.8 Å². The van der Waals surface area contributed by atoms with Gasteiger partial charge in [-0.1, -0.05) is 13.8 Å². The normalized spacial score (nSPS) is 11.4. The first-order valence-corrected chi connectivity index (χ1v) is 7.08. The zero-order valence-corrected chi connectivity index (χ0v) is 12.9. The Morgan fingerprint density at radius 2 is 2.05 bits per heavy atom. The number of anilines is 1. The molecule has 0 radical (unpaired) electrons. The van der Waals surface area contributed by atoms with Crippen LogP contribution in [0.25, 0.3) is 5.95 Å². The molecular formula is C13H21N7O. The largest absolute Gasteiger partial charge is 0.457 e. The number of hydrogen-bond acceptors (Lipinski definition) is 7. The fourth-order valence-electron chi connectivity index (χ4n) is 1.44. The lowest BCUT2D eigenvalue weighted by Crippen LogP contribution is -2.28. The van der Waals surface area contributed by atoms with E-state index in [1.165, 1.54) is 17.3 Å². The van der Waals surface area contributed by atoms with Gasteiger partial charge in [0.05, 0.1) is 0 Å². The van der Waals surface area contributed by atoms with Crippen LogP contribution in [0.2, 0.25) is 0 Å². The molecule has 2 heterocycles. The van der Waals surface area contributed by atoms with Crippen molar-refractivity contribution in [1.29, 1.82) is 0 Å². The third-order valence-corrected chi connectivity index (χ3v) is 2.98. The predicted octanol–water partition coefficient (Wildman–Crippen LogP) is 1.84. The summed E-state index contributed by atoms with van der Waals surface area (Å²) in [7, 11) is 0. The average Bonchev–Trinajstić information content (AvgIpc) is 2.98. The minimum Gasteiger partial charge on any atom is -0.457 e. The summed E-state index contributed by atoms with van der Waals surface area (Å²) in [6.07, 6.45) is 4.78. The molecule has 8 heteroatoms. The molecule has 0 amide bonds. The van der Waals surface area contributed by atoms with Crippen molar-refractivity contribution < 1.29 is 4.74 Å². The van der Waals surface area contributed by atoms with E-state index in [0.29, 0.717) is 11.9 Å². The lowest BCUT2D eigenvalue weighted by molar-refractivity contribution is 0.0922. The lowest BCUT2D eigenvalue weighted by Gasteiger charge is -2.23. The summed E-state index contributed by atoms with van der Waals surface area (Å²) in [5.74, 6) is 0.849. The number of ether oxygens (including phenoxy) is 1. The summed E-state index contributed by atoms with van der Waals surface area (Å²) in [5.41, 5.74) is -0.344. The van der Waals surface area contributed by atoms with Gasteiger partial charge >= 0.3 is 6.01 Å². The van der Waals surface area contributed by atoms with Crippen LogP contribution in [0.5, 0.6) is 6.01 Å². The molecule has 0 saturated carbocycles. The molecule has 2 aromatic heterocycles. The van der Waals surface area contributed by atoms with Crippen LogP contribution in [-0.2, 0) is 0 Å². The summed E-state index contributed by atoms with van der Waals surface area (Å²) in [5, 5.41) is 7.17. The fraction of sp³-hybridized carbons (Fsp3) is 0.615. The number of nitrogens with zero attached hydrogens (tertiary/aromatic N) is 6. The molecule has 0 fully saturated rings. The zero-order valence-electron chi connectivity index (χ0n) is 12.9. The monoisotopic (exact) mass is 291 g/mol. The van der Waals surface area contributed by atoms with Gasteiger partial charge in [-0.25, -0.2) is 4.98 Å². The topological polar surface area (TPSA) is 90.6 Å². The van der Waals surface area contributed by atoms with Gasteiger partial charge in [0.25, 0.3) is 5.95 Å². The highest BCUT2D eigenvalue weighted by molar-refractivity contribution is 5.29. The molecule has 2 rings (SSSR count). The van der Waals surface area contributed by atoms with Crippen LogP contribution in [0.15, 0.2) is 12.7 Å². The number of aromatic nitrogens is 6. The van der Waals surface area contributed by atoms with Crippen LogP contribution in [0.4, 0.5) is 5.95 Å². The van der Waals surface area contributed by atoms with Crippen molar-refractivity contribution in [1.82, 2.24) is 29.7 Å². The first kappa shape index (κ1) is 15.1. The Morgan fingerprint density at radius 3 is 2.67 bits per heavy atom. The molecule has 0 aliphatic carbocycles. The Morgan fingerprint density at radius 1 is 1.24 bits per heavy atom. The molecule has 0 saturated heterocycles. The van der Waals surface area contributed by atoms with E-state index in [1.54, 1.807) is 0 Å². The summed E-state index contributed by atoms with van der Waals surface area (Å²) in [6.45, 7) is 8.88. The molecule has 114 valence electrons. The maximum Gasteiger partial charge on any atom is 0.323 e. The standard InChI is InChI=1S/C13H21N7O/c1-5-7-15-10-17-11(20-9-14-8-16-20)19-12(18-10)21-13(3,4)6-2/h8-9H,5-7H2,1-4H3,(H,15,17,18,19). The van der Waals surface area contributed by atoms with Gasteiger partial charge in [-0.05, 0) is 26.7 Å². The van der Waals surface area contributed by atoms with Crippen LogP contribution in [0.3, 0.4) is 0 Å². The predicted molar refractivity (Wildman–Crippen MR) is 78.5 cm³/mol. The lowest BCUT2D eigenvalue weighted by atomic mass is 10.1. The van der Waals surface area contributed by atoms with Crippen molar-refractivity contribution >= 4 is 5.95 Å². The summed E-state index contributed by atoms with van der Waals surface area (Å²) in [6, 6.07) is 0.279. The molecule has 8 nitrogen and oxygen atoms in total. The molecule has 0 aliphatic rings. The van der Waals surface area contributed by atoms with Crippen molar-refractivity contribution in [2.45, 2.75) is 46.1 Å². The smallest absolute Gasteiger partial charge is 0.323 e. The van der Waals surface area contributed by atoms with E-state index in [-0.39, 0.29) is 11.6 Å². The maximum atomic E-state index is 5.85. The Labute approximate surface area is 124 Å². The van der Waals surface area contributed by atoms with Crippen molar-refractivity contribution in [3.8, 4) is 12.0 Å². The van der Waals surface area contributed by atoms with Crippen molar-refractivity contribution in [3.05, 3.63) is 12.7 Å². The van der Waals surface area contributed by atoms with E-state index in [9.17, 15) is 0 Å². The first-order chi connectivity index (χ1) is 10.0. The van der Waals surface area contributed by atoms with Gasteiger partial charge in [0.15, 0.2) is 0 Å². The van der Waals surface area contributed by atoms with E-state index >= 15 is 0 Å². The quantitative estimate of drug-likeness (QED) is 0.832. The van der Waals surface area contributed by atoms with Gasteiger partial charge in [0.2, 0.25) is 5.95 Å². The SMILES string of the molecule is CCCNc1nc(OC(C)(C)CC)nc(-n2cncn2)n1. The van der Waals surface area contributed by atoms with E-state index in [2.05, 4.69) is 44.2 Å². The van der Waals surface area contributed by atoms with Crippen molar-refractivity contribution in [2.75, 3.05) is 11.9 Å². The molecule has 0 spiro atoms. The van der Waals surface area contributed by atoms with Crippen LogP contribution < -0.4 is 10.1 Å². The zero-order chi connectivity index (χ0) is 15.3. The van der Waals surface area contributed by atoms with Gasteiger partial charge in [-0.15, -0.1) is 0 Å². The molecule has 0 unspecified atom stereocenters. The van der Waals surface area contributed by atoms with Crippen LogP contribution in [0, 0.1) is 0 Å². The van der Waals surface area contributed by atoms with Gasteiger partial charge in [0, 0.05) is 6.54 Å². The van der Waals surface area contributed by atoms with E-state index < -0.39 is 0 Å². The minimum atomic E-state index is -0.344. The van der Waals surface area contributed by atoms with Crippen molar-refractivity contribution in [3.63, 3.8) is 0 Å². The third kappa shape index (κ3) is 4.11. The molecule has 1 N–H and O–H groups in total. The Bertz CT molecular complexity index is 568. The van der Waals surface area contributed by atoms with Gasteiger partial charge in [-0.3, -0.25) is 0 Å². The molecule has 0 aromatic carbocycles. The first-order valence-electron chi connectivity index (χ1n) is 7.08. The molecule has 21 heavy (non-hydrogen) atoms.